The first kappa shape index (κ1) is 17.1. The summed E-state index contributed by atoms with van der Waals surface area (Å²) in [5.41, 5.74) is 2.24. The van der Waals surface area contributed by atoms with Gasteiger partial charge in [0.2, 0.25) is 5.91 Å². The SMILES string of the molecule is Cc1c(CC(=O)N2CC(C(=O)O)O[C@H](C)C2)nnn1-c1ccccc1. The van der Waals surface area contributed by atoms with Crippen molar-refractivity contribution in [3.63, 3.8) is 0 Å². The van der Waals surface area contributed by atoms with Gasteiger partial charge in [0.25, 0.3) is 0 Å². The number of para-hydroxylation sites is 1. The Balaban J connectivity index is 1.73. The third kappa shape index (κ3) is 3.69. The van der Waals surface area contributed by atoms with E-state index in [1.165, 1.54) is 4.90 Å². The Labute approximate surface area is 145 Å². The molecule has 0 aliphatic carbocycles. The van der Waals surface area contributed by atoms with E-state index in [1.807, 2.05) is 37.3 Å². The second-order valence-electron chi connectivity index (χ2n) is 6.12. The fourth-order valence-electron chi connectivity index (χ4n) is 2.88. The van der Waals surface area contributed by atoms with Gasteiger partial charge in [-0.15, -0.1) is 5.10 Å². The van der Waals surface area contributed by atoms with Gasteiger partial charge in [0.15, 0.2) is 6.10 Å². The molecule has 1 aliphatic heterocycles. The lowest BCUT2D eigenvalue weighted by molar-refractivity contribution is -0.166. The number of ether oxygens (including phenoxy) is 1. The molecule has 1 N–H and O–H groups in total. The van der Waals surface area contributed by atoms with E-state index in [1.54, 1.807) is 11.6 Å². The van der Waals surface area contributed by atoms with Crippen LogP contribution in [0.2, 0.25) is 0 Å². The number of aliphatic carboxylic acids is 1. The average Bonchev–Trinajstić information content (AvgIpc) is 2.95. The van der Waals surface area contributed by atoms with Crippen LogP contribution in [0.15, 0.2) is 30.3 Å². The number of carbonyl (C=O) groups is 2. The van der Waals surface area contributed by atoms with E-state index in [-0.39, 0.29) is 25.0 Å². The minimum atomic E-state index is -1.06. The minimum Gasteiger partial charge on any atom is -0.479 e. The van der Waals surface area contributed by atoms with E-state index in [2.05, 4.69) is 10.3 Å². The van der Waals surface area contributed by atoms with E-state index in [9.17, 15) is 9.59 Å². The van der Waals surface area contributed by atoms with Crippen molar-refractivity contribution in [2.24, 2.45) is 0 Å². The Bertz CT molecular complexity index is 774. The van der Waals surface area contributed by atoms with Gasteiger partial charge >= 0.3 is 5.97 Å². The molecule has 1 aromatic carbocycles. The van der Waals surface area contributed by atoms with E-state index >= 15 is 0 Å². The van der Waals surface area contributed by atoms with Crippen molar-refractivity contribution in [1.29, 1.82) is 0 Å². The second kappa shape index (κ2) is 7.02. The second-order valence-corrected chi connectivity index (χ2v) is 6.12. The van der Waals surface area contributed by atoms with Crippen LogP contribution >= 0.6 is 0 Å². The first-order valence-electron chi connectivity index (χ1n) is 8.08. The fourth-order valence-corrected chi connectivity index (χ4v) is 2.88. The van der Waals surface area contributed by atoms with Crippen molar-refractivity contribution < 1.29 is 19.4 Å². The highest BCUT2D eigenvalue weighted by Gasteiger charge is 2.33. The standard InChI is InChI=1S/C17H20N4O4/c1-11-9-20(10-15(25-11)17(23)24)16(22)8-14-12(2)21(19-18-14)13-6-4-3-5-7-13/h3-7,11,15H,8-10H2,1-2H3,(H,23,24)/t11-,15?/m1/s1. The molecule has 0 bridgehead atoms. The Kier molecular flexibility index (Phi) is 4.80. The maximum Gasteiger partial charge on any atom is 0.334 e. The molecule has 0 radical (unpaired) electrons. The Morgan fingerprint density at radius 3 is 2.68 bits per heavy atom. The monoisotopic (exact) mass is 344 g/mol. The molecule has 2 aromatic rings. The van der Waals surface area contributed by atoms with Crippen LogP contribution in [0, 0.1) is 6.92 Å². The van der Waals surface area contributed by atoms with Gasteiger partial charge in [0.05, 0.1) is 36.1 Å². The molecular weight excluding hydrogens is 324 g/mol. The molecule has 0 spiro atoms. The van der Waals surface area contributed by atoms with Crippen molar-refractivity contribution in [2.75, 3.05) is 13.1 Å². The number of carboxylic acids is 1. The number of hydrogen-bond acceptors (Lipinski definition) is 5. The van der Waals surface area contributed by atoms with Gasteiger partial charge in [-0.05, 0) is 26.0 Å². The molecule has 132 valence electrons. The first-order valence-corrected chi connectivity index (χ1v) is 8.08. The van der Waals surface area contributed by atoms with Crippen LogP contribution in [0.5, 0.6) is 0 Å². The molecule has 2 atom stereocenters. The Hall–Kier alpha value is -2.74. The molecule has 0 saturated carbocycles. The smallest absolute Gasteiger partial charge is 0.334 e. The molecule has 8 nitrogen and oxygen atoms in total. The van der Waals surface area contributed by atoms with Gasteiger partial charge in [-0.25, -0.2) is 9.48 Å². The number of carbonyl (C=O) groups excluding carboxylic acids is 1. The summed E-state index contributed by atoms with van der Waals surface area (Å²) in [4.78, 5) is 25.3. The van der Waals surface area contributed by atoms with Crippen LogP contribution in [0.25, 0.3) is 5.69 Å². The molecule has 1 aromatic heterocycles. The number of amides is 1. The number of aromatic nitrogens is 3. The van der Waals surface area contributed by atoms with Crippen LogP contribution in [-0.2, 0) is 20.7 Å². The Morgan fingerprint density at radius 1 is 1.28 bits per heavy atom. The topological polar surface area (TPSA) is 97.6 Å². The van der Waals surface area contributed by atoms with Crippen LogP contribution in [0.4, 0.5) is 0 Å². The number of rotatable bonds is 4. The van der Waals surface area contributed by atoms with Crippen molar-refractivity contribution in [2.45, 2.75) is 32.5 Å². The predicted molar refractivity (Wildman–Crippen MR) is 88.4 cm³/mol. The average molecular weight is 344 g/mol. The summed E-state index contributed by atoms with van der Waals surface area (Å²) >= 11 is 0. The van der Waals surface area contributed by atoms with Gasteiger partial charge in [0, 0.05) is 6.54 Å². The molecule has 1 aliphatic rings. The third-order valence-corrected chi connectivity index (χ3v) is 4.20. The summed E-state index contributed by atoms with van der Waals surface area (Å²) < 4.78 is 7.02. The summed E-state index contributed by atoms with van der Waals surface area (Å²) in [5.74, 6) is -1.24. The van der Waals surface area contributed by atoms with Crippen LogP contribution in [-0.4, -0.2) is 62.2 Å². The predicted octanol–water partition coefficient (Wildman–Crippen LogP) is 0.819. The molecule has 2 heterocycles. The van der Waals surface area contributed by atoms with Crippen LogP contribution in [0.3, 0.4) is 0 Å². The van der Waals surface area contributed by atoms with E-state index in [0.29, 0.717) is 12.2 Å². The van der Waals surface area contributed by atoms with Gasteiger partial charge in [-0.3, -0.25) is 4.79 Å². The van der Waals surface area contributed by atoms with Crippen molar-refractivity contribution in [3.05, 3.63) is 41.7 Å². The van der Waals surface area contributed by atoms with Gasteiger partial charge in [-0.1, -0.05) is 23.4 Å². The molecule has 3 rings (SSSR count). The maximum absolute atomic E-state index is 12.6. The van der Waals surface area contributed by atoms with Gasteiger partial charge in [0.1, 0.15) is 0 Å². The summed E-state index contributed by atoms with van der Waals surface area (Å²) in [6.07, 6.45) is -1.23. The molecule has 25 heavy (non-hydrogen) atoms. The highest BCUT2D eigenvalue weighted by Crippen LogP contribution is 2.16. The van der Waals surface area contributed by atoms with Crippen molar-refractivity contribution in [3.8, 4) is 5.69 Å². The lowest BCUT2D eigenvalue weighted by atomic mass is 10.1. The zero-order valence-corrected chi connectivity index (χ0v) is 14.1. The third-order valence-electron chi connectivity index (χ3n) is 4.20. The zero-order chi connectivity index (χ0) is 18.0. The van der Waals surface area contributed by atoms with Gasteiger partial charge in [-0.2, -0.15) is 0 Å². The maximum atomic E-state index is 12.6. The Morgan fingerprint density at radius 2 is 2.00 bits per heavy atom. The number of nitrogens with zero attached hydrogens (tertiary/aromatic N) is 4. The lowest BCUT2D eigenvalue weighted by Crippen LogP contribution is -2.52. The fraction of sp³-hybridized carbons (Fsp3) is 0.412. The van der Waals surface area contributed by atoms with Crippen molar-refractivity contribution in [1.82, 2.24) is 19.9 Å². The summed E-state index contributed by atoms with van der Waals surface area (Å²) in [6.45, 7) is 4.03. The molecule has 1 fully saturated rings. The number of morpholine rings is 1. The molecular formula is C17H20N4O4. The van der Waals surface area contributed by atoms with Crippen LogP contribution < -0.4 is 0 Å². The number of carboxylic acid groups (broad SMARTS) is 1. The van der Waals surface area contributed by atoms with E-state index in [4.69, 9.17) is 9.84 Å². The normalized spacial score (nSPS) is 20.5. The zero-order valence-electron chi connectivity index (χ0n) is 14.1. The van der Waals surface area contributed by atoms with E-state index < -0.39 is 12.1 Å². The largest absolute Gasteiger partial charge is 0.479 e. The lowest BCUT2D eigenvalue weighted by Gasteiger charge is -2.34. The quantitative estimate of drug-likeness (QED) is 0.882. The first-order chi connectivity index (χ1) is 12.0. The summed E-state index contributed by atoms with van der Waals surface area (Å²) in [6, 6.07) is 9.55. The summed E-state index contributed by atoms with van der Waals surface area (Å²) in [7, 11) is 0. The summed E-state index contributed by atoms with van der Waals surface area (Å²) in [5, 5.41) is 17.4. The molecule has 1 amide bonds. The molecule has 1 saturated heterocycles. The molecule has 1 unspecified atom stereocenters. The minimum absolute atomic E-state index is 0.0460. The highest BCUT2D eigenvalue weighted by atomic mass is 16.5. The van der Waals surface area contributed by atoms with Crippen LogP contribution in [0.1, 0.15) is 18.3 Å². The van der Waals surface area contributed by atoms with Gasteiger partial charge < -0.3 is 14.7 Å². The van der Waals surface area contributed by atoms with Crippen molar-refractivity contribution >= 4 is 11.9 Å². The number of hydrogen-bond donors (Lipinski definition) is 1. The number of benzene rings is 1. The molecule has 8 heteroatoms. The highest BCUT2D eigenvalue weighted by molar-refractivity contribution is 5.80. The van der Waals surface area contributed by atoms with E-state index in [0.717, 1.165) is 11.4 Å².